The first kappa shape index (κ1) is 15.7. The van der Waals surface area contributed by atoms with Crippen molar-refractivity contribution in [1.82, 2.24) is 0 Å². The highest BCUT2D eigenvalue weighted by Gasteiger charge is 2.18. The van der Waals surface area contributed by atoms with Crippen LogP contribution >= 0.6 is 0 Å². The van der Waals surface area contributed by atoms with Crippen molar-refractivity contribution in [3.05, 3.63) is 65.7 Å². The Kier molecular flexibility index (Phi) is 5.15. The Morgan fingerprint density at radius 2 is 1.62 bits per heavy atom. The Bertz CT molecular complexity index is 661. The van der Waals surface area contributed by atoms with Crippen LogP contribution in [0.3, 0.4) is 0 Å². The van der Waals surface area contributed by atoms with Gasteiger partial charge in [0.05, 0.1) is 11.0 Å². The first-order valence-corrected chi connectivity index (χ1v) is 8.42. The van der Waals surface area contributed by atoms with Gasteiger partial charge < -0.3 is 0 Å². The van der Waals surface area contributed by atoms with Crippen molar-refractivity contribution in [2.75, 3.05) is 0 Å². The summed E-state index contributed by atoms with van der Waals surface area (Å²) in [5, 5.41) is 0. The monoisotopic (exact) mass is 304 g/mol. The van der Waals surface area contributed by atoms with Gasteiger partial charge in [-0.05, 0) is 44.4 Å². The Labute approximate surface area is 126 Å². The lowest BCUT2D eigenvalue weighted by molar-refractivity contribution is 0.218. The van der Waals surface area contributed by atoms with Crippen molar-refractivity contribution in [3.63, 3.8) is 0 Å². The average molecular weight is 304 g/mol. The van der Waals surface area contributed by atoms with E-state index in [0.29, 0.717) is 6.42 Å². The molecular formula is C17H20O3S. The van der Waals surface area contributed by atoms with Crippen LogP contribution in [-0.2, 0) is 20.7 Å². The maximum absolute atomic E-state index is 12.1. The summed E-state index contributed by atoms with van der Waals surface area (Å²) in [6.07, 6.45) is 1.11. The summed E-state index contributed by atoms with van der Waals surface area (Å²) in [7, 11) is -3.68. The van der Waals surface area contributed by atoms with Gasteiger partial charge in [0.2, 0.25) is 0 Å². The second kappa shape index (κ2) is 6.87. The van der Waals surface area contributed by atoms with E-state index in [0.717, 1.165) is 12.0 Å². The molecule has 21 heavy (non-hydrogen) atoms. The zero-order valence-corrected chi connectivity index (χ0v) is 13.1. The van der Waals surface area contributed by atoms with Crippen molar-refractivity contribution in [2.45, 2.75) is 37.7 Å². The highest BCUT2D eigenvalue weighted by Crippen LogP contribution is 2.17. The van der Waals surface area contributed by atoms with Crippen LogP contribution in [-0.4, -0.2) is 14.5 Å². The van der Waals surface area contributed by atoms with Crippen molar-refractivity contribution in [1.29, 1.82) is 0 Å². The van der Waals surface area contributed by atoms with Gasteiger partial charge in [0.25, 0.3) is 10.1 Å². The van der Waals surface area contributed by atoms with Crippen molar-refractivity contribution < 1.29 is 12.6 Å². The predicted octanol–water partition coefficient (Wildman–Crippen LogP) is 3.72. The largest absolute Gasteiger partial charge is 0.297 e. The van der Waals surface area contributed by atoms with E-state index < -0.39 is 10.1 Å². The van der Waals surface area contributed by atoms with Crippen LogP contribution in [0.5, 0.6) is 0 Å². The fourth-order valence-electron chi connectivity index (χ4n) is 2.04. The lowest BCUT2D eigenvalue weighted by atomic mass is 10.1. The molecule has 0 amide bonds. The third-order valence-electron chi connectivity index (χ3n) is 3.28. The summed E-state index contributed by atoms with van der Waals surface area (Å²) in [5.41, 5.74) is 2.20. The van der Waals surface area contributed by atoms with Crippen LogP contribution in [0.15, 0.2) is 59.5 Å². The second-order valence-corrected chi connectivity index (χ2v) is 6.77. The van der Waals surface area contributed by atoms with E-state index in [-0.39, 0.29) is 11.0 Å². The number of hydrogen-bond donors (Lipinski definition) is 0. The Hall–Kier alpha value is -1.65. The molecule has 0 bridgehead atoms. The van der Waals surface area contributed by atoms with Gasteiger partial charge in [-0.25, -0.2) is 0 Å². The van der Waals surface area contributed by atoms with Gasteiger partial charge in [0, 0.05) is 0 Å². The third-order valence-corrected chi connectivity index (χ3v) is 4.71. The third kappa shape index (κ3) is 4.69. The summed E-state index contributed by atoms with van der Waals surface area (Å²) < 4.78 is 29.5. The minimum Gasteiger partial charge on any atom is -0.263 e. The molecule has 0 spiro atoms. The first-order valence-electron chi connectivity index (χ1n) is 7.01. The van der Waals surface area contributed by atoms with Gasteiger partial charge >= 0.3 is 0 Å². The van der Waals surface area contributed by atoms with Crippen molar-refractivity contribution in [3.8, 4) is 0 Å². The molecule has 0 radical (unpaired) electrons. The summed E-state index contributed by atoms with van der Waals surface area (Å²) in [6.45, 7) is 3.70. The molecule has 0 aliphatic heterocycles. The molecule has 0 unspecified atom stereocenters. The highest BCUT2D eigenvalue weighted by atomic mass is 32.2. The van der Waals surface area contributed by atoms with E-state index in [2.05, 4.69) is 0 Å². The molecule has 0 N–H and O–H groups in total. The topological polar surface area (TPSA) is 43.4 Å². The minimum absolute atomic E-state index is 0.208. The number of hydrogen-bond acceptors (Lipinski definition) is 3. The molecule has 2 rings (SSSR count). The Morgan fingerprint density at radius 1 is 1.00 bits per heavy atom. The van der Waals surface area contributed by atoms with E-state index in [1.807, 2.05) is 37.3 Å². The van der Waals surface area contributed by atoms with Crippen LogP contribution in [0.1, 0.15) is 24.5 Å². The summed E-state index contributed by atoms with van der Waals surface area (Å²) in [6, 6.07) is 16.7. The molecular weight excluding hydrogens is 284 g/mol. The Balaban J connectivity index is 1.95. The molecule has 1 atom stereocenters. The molecule has 0 saturated carbocycles. The van der Waals surface area contributed by atoms with Gasteiger partial charge in [-0.3, -0.25) is 4.18 Å². The quantitative estimate of drug-likeness (QED) is 0.764. The molecule has 2 aromatic carbocycles. The van der Waals surface area contributed by atoms with Crippen molar-refractivity contribution >= 4 is 10.1 Å². The SMILES string of the molecule is Cc1ccc(S(=O)(=O)O[C@@H](C)CCc2ccccc2)cc1. The van der Waals surface area contributed by atoms with Crippen LogP contribution < -0.4 is 0 Å². The van der Waals surface area contributed by atoms with Crippen LogP contribution in [0.25, 0.3) is 0 Å². The standard InChI is InChI=1S/C17H20O3S/c1-14-8-12-17(13-9-14)21(18,19)20-15(2)10-11-16-6-4-3-5-7-16/h3-9,12-13,15H,10-11H2,1-2H3/t15-/m0/s1. The molecule has 3 nitrogen and oxygen atoms in total. The zero-order chi connectivity index (χ0) is 15.3. The number of benzene rings is 2. The van der Waals surface area contributed by atoms with E-state index in [1.165, 1.54) is 5.56 Å². The van der Waals surface area contributed by atoms with Gasteiger partial charge in [-0.15, -0.1) is 0 Å². The summed E-state index contributed by atoms with van der Waals surface area (Å²) >= 11 is 0. The smallest absolute Gasteiger partial charge is 0.263 e. The molecule has 0 saturated heterocycles. The molecule has 4 heteroatoms. The van der Waals surface area contributed by atoms with Crippen LogP contribution in [0.4, 0.5) is 0 Å². The van der Waals surface area contributed by atoms with Gasteiger partial charge in [0.15, 0.2) is 0 Å². The Morgan fingerprint density at radius 3 is 2.24 bits per heavy atom. The maximum atomic E-state index is 12.1. The van der Waals surface area contributed by atoms with Gasteiger partial charge in [0.1, 0.15) is 0 Å². The van der Waals surface area contributed by atoms with Crippen molar-refractivity contribution in [2.24, 2.45) is 0 Å². The summed E-state index contributed by atoms with van der Waals surface area (Å²) in [4.78, 5) is 0.208. The average Bonchev–Trinajstić information content (AvgIpc) is 2.46. The van der Waals surface area contributed by atoms with E-state index >= 15 is 0 Å². The maximum Gasteiger partial charge on any atom is 0.297 e. The highest BCUT2D eigenvalue weighted by molar-refractivity contribution is 7.86. The summed E-state index contributed by atoms with van der Waals surface area (Å²) in [5.74, 6) is 0. The zero-order valence-electron chi connectivity index (χ0n) is 12.3. The van der Waals surface area contributed by atoms with Crippen LogP contribution in [0.2, 0.25) is 0 Å². The van der Waals surface area contributed by atoms with E-state index in [4.69, 9.17) is 4.18 Å². The first-order chi connectivity index (χ1) is 9.97. The van der Waals surface area contributed by atoms with E-state index in [9.17, 15) is 8.42 Å². The molecule has 2 aromatic rings. The van der Waals surface area contributed by atoms with Gasteiger partial charge in [-0.1, -0.05) is 48.0 Å². The molecule has 112 valence electrons. The number of aryl methyl sites for hydroxylation is 2. The second-order valence-electron chi connectivity index (χ2n) is 5.20. The lowest BCUT2D eigenvalue weighted by Crippen LogP contribution is -2.16. The molecule has 0 aliphatic rings. The molecule has 0 fully saturated rings. The fraction of sp³-hybridized carbons (Fsp3) is 0.294. The normalized spacial score (nSPS) is 13.0. The van der Waals surface area contributed by atoms with Crippen LogP contribution in [0, 0.1) is 6.92 Å². The fourth-order valence-corrected chi connectivity index (χ4v) is 3.15. The lowest BCUT2D eigenvalue weighted by Gasteiger charge is -2.13. The molecule has 0 aliphatic carbocycles. The van der Waals surface area contributed by atoms with Gasteiger partial charge in [-0.2, -0.15) is 8.42 Å². The predicted molar refractivity (Wildman–Crippen MR) is 83.7 cm³/mol. The molecule has 0 heterocycles. The number of rotatable bonds is 6. The molecule has 0 aromatic heterocycles. The minimum atomic E-state index is -3.68. The van der Waals surface area contributed by atoms with E-state index in [1.54, 1.807) is 31.2 Å².